The van der Waals surface area contributed by atoms with E-state index in [1.54, 1.807) is 0 Å². The van der Waals surface area contributed by atoms with Crippen molar-refractivity contribution in [1.29, 1.82) is 0 Å². The van der Waals surface area contributed by atoms with Gasteiger partial charge in [-0.3, -0.25) is 0 Å². The van der Waals surface area contributed by atoms with Crippen molar-refractivity contribution in [2.75, 3.05) is 18.8 Å². The molecule has 0 saturated heterocycles. The van der Waals surface area contributed by atoms with E-state index >= 15 is 0 Å². The first-order valence-corrected chi connectivity index (χ1v) is 8.17. The van der Waals surface area contributed by atoms with Crippen LogP contribution in [0.3, 0.4) is 0 Å². The van der Waals surface area contributed by atoms with Gasteiger partial charge in [-0.2, -0.15) is 0 Å². The zero-order chi connectivity index (χ0) is 13.5. The number of hydrogen-bond donors (Lipinski definition) is 0. The van der Waals surface area contributed by atoms with Crippen molar-refractivity contribution in [3.8, 4) is 0 Å². The van der Waals surface area contributed by atoms with Crippen LogP contribution in [0.5, 0.6) is 0 Å². The third kappa shape index (κ3) is 2450. The van der Waals surface area contributed by atoms with Crippen LogP contribution in [-0.2, 0) is 30.4 Å². The molecular formula is C3H9CeO9S3. The van der Waals surface area contributed by atoms with Gasteiger partial charge in [0.25, 0.3) is 0 Å². The number of hydrogen-bond acceptors (Lipinski definition) is 9. The Labute approximate surface area is 128 Å². The smallest absolute Gasteiger partial charge is 0.748 e. The molecule has 0 amide bonds. The van der Waals surface area contributed by atoms with Crippen LogP contribution in [0.1, 0.15) is 0 Å². The third-order valence-corrected chi connectivity index (χ3v) is 0. The normalized spacial score (nSPS) is 10.9. The average molecular weight is 425 g/mol. The summed E-state index contributed by atoms with van der Waals surface area (Å²) >= 11 is 0. The summed E-state index contributed by atoms with van der Waals surface area (Å²) in [6.45, 7) is 0. The van der Waals surface area contributed by atoms with Gasteiger partial charge in [-0.1, -0.05) is 0 Å². The minimum atomic E-state index is -3.92. The van der Waals surface area contributed by atoms with E-state index in [0.717, 1.165) is 0 Å². The van der Waals surface area contributed by atoms with Crippen molar-refractivity contribution in [3.05, 3.63) is 0 Å². The summed E-state index contributed by atoms with van der Waals surface area (Å²) in [4.78, 5) is 0. The van der Waals surface area contributed by atoms with E-state index in [-0.39, 0.29) is 41.7 Å². The van der Waals surface area contributed by atoms with Gasteiger partial charge in [0.05, 0.1) is 30.4 Å². The van der Waals surface area contributed by atoms with Gasteiger partial charge < -0.3 is 13.7 Å². The maximum absolute atomic E-state index is 9.08. The quantitative estimate of drug-likeness (QED) is 0.380. The zero-order valence-corrected chi connectivity index (χ0v) is 14.0. The monoisotopic (exact) mass is 425 g/mol. The zero-order valence-electron chi connectivity index (χ0n) is 8.40. The predicted octanol–water partition coefficient (Wildman–Crippen LogP) is -2.52. The predicted molar refractivity (Wildman–Crippen MR) is 46.9 cm³/mol. The molecule has 9 nitrogen and oxygen atoms in total. The summed E-state index contributed by atoms with van der Waals surface area (Å²) in [6.07, 6.45) is 1.81. The standard InChI is InChI=1S/3CH4O3S.Ce/c3*1-5(2,3)4;/h3*1H3,(H,2,3,4);/q;;;+3/p-3. The average Bonchev–Trinajstić information content (AvgIpc) is 1.41. The summed E-state index contributed by atoms with van der Waals surface area (Å²) in [5.41, 5.74) is 0. The van der Waals surface area contributed by atoms with Crippen molar-refractivity contribution in [2.24, 2.45) is 0 Å². The molecule has 0 rings (SSSR count). The Kier molecular flexibility index (Phi) is 16.3. The van der Waals surface area contributed by atoms with Gasteiger partial charge in [-0.15, -0.1) is 0 Å². The minimum absolute atomic E-state index is 0. The summed E-state index contributed by atoms with van der Waals surface area (Å²) in [6, 6.07) is 0. The minimum Gasteiger partial charge on any atom is -0.748 e. The summed E-state index contributed by atoms with van der Waals surface area (Å²) in [5.74, 6) is 0. The van der Waals surface area contributed by atoms with E-state index in [1.165, 1.54) is 0 Å². The van der Waals surface area contributed by atoms with Gasteiger partial charge in [0.1, 0.15) is 0 Å². The Morgan fingerprint density at radius 1 is 0.562 bits per heavy atom. The third-order valence-electron chi connectivity index (χ3n) is 0. The molecule has 0 aromatic rings. The Morgan fingerprint density at radius 3 is 0.562 bits per heavy atom. The molecule has 0 unspecified atom stereocenters. The fraction of sp³-hybridized carbons (Fsp3) is 1.00. The Bertz CT molecular complexity index is 347. The topological polar surface area (TPSA) is 172 Å². The Hall–Kier alpha value is 1.11. The molecule has 1 radical (unpaired) electrons. The van der Waals surface area contributed by atoms with Crippen molar-refractivity contribution >= 4 is 30.4 Å². The number of rotatable bonds is 0. The van der Waals surface area contributed by atoms with Gasteiger partial charge in [0, 0.05) is 18.8 Å². The van der Waals surface area contributed by atoms with Gasteiger partial charge in [0.15, 0.2) is 0 Å². The molecule has 0 aromatic heterocycles. The first-order chi connectivity index (χ1) is 6.00. The van der Waals surface area contributed by atoms with Crippen LogP contribution in [0.4, 0.5) is 0 Å². The van der Waals surface area contributed by atoms with Crippen LogP contribution >= 0.6 is 0 Å². The molecule has 0 aliphatic carbocycles. The van der Waals surface area contributed by atoms with Gasteiger partial charge in [-0.05, 0) is 0 Å². The van der Waals surface area contributed by atoms with E-state index in [0.29, 0.717) is 18.8 Å². The molecule has 13 heteroatoms. The van der Waals surface area contributed by atoms with Crippen molar-refractivity contribution in [3.63, 3.8) is 0 Å². The Morgan fingerprint density at radius 2 is 0.562 bits per heavy atom. The Balaban J connectivity index is -0.0000000655. The molecule has 0 N–H and O–H groups in total. The second-order valence-electron chi connectivity index (χ2n) is 2.11. The van der Waals surface area contributed by atoms with E-state index in [2.05, 4.69) is 0 Å². The molecule has 0 aliphatic rings. The second kappa shape index (κ2) is 10.1. The molecular weight excluding hydrogens is 416 g/mol. The molecule has 0 heterocycles. The van der Waals surface area contributed by atoms with Crippen LogP contribution in [-0.4, -0.2) is 57.7 Å². The molecule has 16 heavy (non-hydrogen) atoms. The molecule has 0 spiro atoms. The largest absolute Gasteiger partial charge is 3.00 e. The molecule has 0 aliphatic heterocycles. The molecule has 0 atom stereocenters. The summed E-state index contributed by atoms with van der Waals surface area (Å²) < 4.78 is 81.7. The van der Waals surface area contributed by atoms with Crippen LogP contribution in [0, 0.1) is 41.7 Å². The van der Waals surface area contributed by atoms with Crippen molar-refractivity contribution in [1.82, 2.24) is 0 Å². The van der Waals surface area contributed by atoms with Crippen LogP contribution in [0.2, 0.25) is 0 Å². The molecule has 0 bridgehead atoms. The maximum atomic E-state index is 9.08. The summed E-state index contributed by atoms with van der Waals surface area (Å²) in [7, 11) is -11.8. The first kappa shape index (κ1) is 25.8. The van der Waals surface area contributed by atoms with Crippen molar-refractivity contribution in [2.45, 2.75) is 0 Å². The molecule has 0 saturated carbocycles. The van der Waals surface area contributed by atoms with Crippen LogP contribution in [0.15, 0.2) is 0 Å². The fourth-order valence-electron chi connectivity index (χ4n) is 0. The van der Waals surface area contributed by atoms with Gasteiger partial charge in [-0.25, -0.2) is 25.3 Å². The first-order valence-electron chi connectivity index (χ1n) is 2.72. The van der Waals surface area contributed by atoms with E-state index in [9.17, 15) is 0 Å². The van der Waals surface area contributed by atoms with Gasteiger partial charge >= 0.3 is 41.7 Å². The van der Waals surface area contributed by atoms with Gasteiger partial charge in [0.2, 0.25) is 0 Å². The molecule has 97 valence electrons. The SMILES string of the molecule is CS(=O)(=O)[O-].CS(=O)(=O)[O-].CS(=O)(=O)[O-].[Ce+3]. The fourth-order valence-corrected chi connectivity index (χ4v) is 0. The van der Waals surface area contributed by atoms with E-state index < -0.39 is 30.4 Å². The van der Waals surface area contributed by atoms with E-state index in [4.69, 9.17) is 38.9 Å². The van der Waals surface area contributed by atoms with Crippen LogP contribution in [0.25, 0.3) is 0 Å². The summed E-state index contributed by atoms with van der Waals surface area (Å²) in [5, 5.41) is 0. The molecule has 0 fully saturated rings. The van der Waals surface area contributed by atoms with Crippen LogP contribution < -0.4 is 0 Å². The van der Waals surface area contributed by atoms with Crippen molar-refractivity contribution < 1.29 is 80.7 Å². The van der Waals surface area contributed by atoms with E-state index in [1.807, 2.05) is 0 Å². The second-order valence-corrected chi connectivity index (χ2v) is 6.34. The molecule has 0 aromatic carbocycles. The maximum Gasteiger partial charge on any atom is 3.00 e.